The van der Waals surface area contributed by atoms with E-state index in [0.29, 0.717) is 17.4 Å². The van der Waals surface area contributed by atoms with E-state index in [1.54, 1.807) is 0 Å². The van der Waals surface area contributed by atoms with Crippen LogP contribution in [0.5, 0.6) is 0 Å². The molecule has 0 amide bonds. The number of unbranched alkanes of at least 4 members (excludes halogenated alkanes) is 1. The summed E-state index contributed by atoms with van der Waals surface area (Å²) < 4.78 is 5.67. The van der Waals surface area contributed by atoms with Crippen LogP contribution in [0.2, 0.25) is 0 Å². The summed E-state index contributed by atoms with van der Waals surface area (Å²) in [4.78, 5) is 22.9. The summed E-state index contributed by atoms with van der Waals surface area (Å²) in [5.74, 6) is -1.78. The van der Waals surface area contributed by atoms with E-state index < -0.39 is 24.1 Å². The van der Waals surface area contributed by atoms with E-state index >= 15 is 0 Å². The van der Waals surface area contributed by atoms with Gasteiger partial charge in [-0.2, -0.15) is 0 Å². The summed E-state index contributed by atoms with van der Waals surface area (Å²) >= 11 is 0. The number of ether oxygens (including phenoxy) is 1. The Labute approximate surface area is 151 Å². The number of quaternary nitrogens is 1. The van der Waals surface area contributed by atoms with Crippen LogP contribution in [0.4, 0.5) is 0 Å². The lowest BCUT2D eigenvalue weighted by atomic mass is 10.1. The lowest BCUT2D eigenvalue weighted by Gasteiger charge is -2.28. The van der Waals surface area contributed by atoms with E-state index in [1.165, 1.54) is 0 Å². The van der Waals surface area contributed by atoms with Crippen LogP contribution in [-0.2, 0) is 14.3 Å². The van der Waals surface area contributed by atoms with Crippen LogP contribution in [0.25, 0.3) is 0 Å². The fourth-order valence-corrected chi connectivity index (χ4v) is 2.24. The van der Waals surface area contributed by atoms with Crippen LogP contribution in [0.3, 0.4) is 0 Å². The Morgan fingerprint density at radius 3 is 2.20 bits per heavy atom. The number of nitrogens with zero attached hydrogens (tertiary/aromatic N) is 1. The van der Waals surface area contributed by atoms with Gasteiger partial charge in [0.05, 0.1) is 27.6 Å². The third-order valence-electron chi connectivity index (χ3n) is 3.38. The Morgan fingerprint density at radius 1 is 1.08 bits per heavy atom. The molecule has 0 fully saturated rings. The van der Waals surface area contributed by atoms with E-state index in [4.69, 9.17) is 9.84 Å². The average molecular weight is 356 g/mol. The Hall–Kier alpha value is -1.66. The Morgan fingerprint density at radius 2 is 1.68 bits per heavy atom. The number of aliphatic hydroxyl groups is 1. The molecule has 2 atom stereocenters. The molecule has 2 N–H and O–H groups in total. The molecule has 0 aromatic rings. The van der Waals surface area contributed by atoms with Crippen molar-refractivity contribution in [2.24, 2.45) is 0 Å². The molecule has 0 radical (unpaired) electrons. The van der Waals surface area contributed by atoms with Crippen molar-refractivity contribution in [1.82, 2.24) is 0 Å². The molecule has 6 nitrogen and oxygen atoms in total. The average Bonchev–Trinajstić information content (AvgIpc) is 2.47. The summed E-state index contributed by atoms with van der Waals surface area (Å²) in [6.45, 7) is 2.50. The normalized spacial score (nSPS) is 14.8. The Balaban J connectivity index is 4.27. The maximum atomic E-state index is 12.0. The second-order valence-electron chi connectivity index (χ2n) is 7.19. The first-order valence-corrected chi connectivity index (χ1v) is 8.86. The van der Waals surface area contributed by atoms with Crippen molar-refractivity contribution in [3.8, 4) is 0 Å². The van der Waals surface area contributed by atoms with Gasteiger partial charge in [0.1, 0.15) is 6.54 Å². The second-order valence-corrected chi connectivity index (χ2v) is 7.19. The molecule has 0 bridgehead atoms. The van der Waals surface area contributed by atoms with Crippen LogP contribution < -0.4 is 0 Å². The fourth-order valence-electron chi connectivity index (χ4n) is 2.24. The summed E-state index contributed by atoms with van der Waals surface area (Å²) in [5.41, 5.74) is 0. The summed E-state index contributed by atoms with van der Waals surface area (Å²) in [6.07, 6.45) is 9.76. The number of aliphatic carboxylic acids is 1. The SMILES string of the molecule is CCC/C=C/C/C=C/CCC(O)C(=O)OC(CC(=O)O)C[N+](C)(C)C. The standard InChI is InChI=1S/C19H33NO5/c1-5-6-7-8-9-10-11-12-13-17(21)19(24)25-16(14-18(22)23)15-20(2,3)4/h7-8,10-11,16-17,21H,5-6,9,12-15H2,1-4H3/p+1/b8-7+,11-10+. The largest absolute Gasteiger partial charge is 0.481 e. The lowest BCUT2D eigenvalue weighted by Crippen LogP contribution is -2.44. The molecular formula is C19H34NO5+. The molecule has 0 aromatic heterocycles. The van der Waals surface area contributed by atoms with Crippen molar-refractivity contribution in [2.45, 2.75) is 57.7 Å². The van der Waals surface area contributed by atoms with Gasteiger partial charge in [-0.05, 0) is 25.7 Å². The number of carboxylic acid groups (broad SMARTS) is 1. The minimum atomic E-state index is -1.23. The number of hydrogen-bond acceptors (Lipinski definition) is 4. The molecule has 0 saturated heterocycles. The zero-order valence-electron chi connectivity index (χ0n) is 16.0. The highest BCUT2D eigenvalue weighted by atomic mass is 16.6. The smallest absolute Gasteiger partial charge is 0.335 e. The molecule has 0 aliphatic carbocycles. The first kappa shape index (κ1) is 23.3. The molecule has 0 rings (SSSR count). The van der Waals surface area contributed by atoms with Crippen molar-refractivity contribution >= 4 is 11.9 Å². The highest BCUT2D eigenvalue weighted by Crippen LogP contribution is 2.09. The molecular weight excluding hydrogens is 322 g/mol. The van der Waals surface area contributed by atoms with Gasteiger partial charge >= 0.3 is 11.9 Å². The summed E-state index contributed by atoms with van der Waals surface area (Å²) in [7, 11) is 5.66. The van der Waals surface area contributed by atoms with Gasteiger partial charge in [0.25, 0.3) is 0 Å². The van der Waals surface area contributed by atoms with Gasteiger partial charge in [-0.3, -0.25) is 4.79 Å². The minimum absolute atomic E-state index is 0.262. The van der Waals surface area contributed by atoms with Crippen molar-refractivity contribution < 1.29 is 29.0 Å². The predicted octanol–water partition coefficient (Wildman–Crippen LogP) is 2.52. The predicted molar refractivity (Wildman–Crippen MR) is 98.1 cm³/mol. The first-order valence-electron chi connectivity index (χ1n) is 8.86. The topological polar surface area (TPSA) is 83.8 Å². The highest BCUT2D eigenvalue weighted by Gasteiger charge is 2.27. The van der Waals surface area contributed by atoms with E-state index in [9.17, 15) is 14.7 Å². The quantitative estimate of drug-likeness (QED) is 0.301. The van der Waals surface area contributed by atoms with Gasteiger partial charge in [0.15, 0.2) is 12.2 Å². The molecule has 25 heavy (non-hydrogen) atoms. The Kier molecular flexibility index (Phi) is 11.8. The monoisotopic (exact) mass is 356 g/mol. The van der Waals surface area contributed by atoms with Gasteiger partial charge in [0, 0.05) is 0 Å². The van der Waals surface area contributed by atoms with Crippen LogP contribution >= 0.6 is 0 Å². The number of carbonyl (C=O) groups is 2. The number of esters is 1. The van der Waals surface area contributed by atoms with Gasteiger partial charge in [-0.15, -0.1) is 0 Å². The lowest BCUT2D eigenvalue weighted by molar-refractivity contribution is -0.873. The molecule has 2 unspecified atom stereocenters. The van der Waals surface area contributed by atoms with Gasteiger partial charge in [0.2, 0.25) is 0 Å². The van der Waals surface area contributed by atoms with Crippen molar-refractivity contribution in [3.05, 3.63) is 24.3 Å². The van der Waals surface area contributed by atoms with Crippen molar-refractivity contribution in [3.63, 3.8) is 0 Å². The zero-order valence-corrected chi connectivity index (χ0v) is 16.0. The van der Waals surface area contributed by atoms with Crippen molar-refractivity contribution in [2.75, 3.05) is 27.7 Å². The molecule has 0 spiro atoms. The van der Waals surface area contributed by atoms with Crippen LogP contribution in [0.15, 0.2) is 24.3 Å². The van der Waals surface area contributed by atoms with Crippen LogP contribution in [0, 0.1) is 0 Å². The third-order valence-corrected chi connectivity index (χ3v) is 3.38. The number of likely N-dealkylation sites (N-methyl/N-ethyl adjacent to an activating group) is 1. The Bertz CT molecular complexity index is 451. The summed E-state index contributed by atoms with van der Waals surface area (Å²) in [5, 5.41) is 18.8. The van der Waals surface area contributed by atoms with E-state index in [2.05, 4.69) is 19.1 Å². The zero-order chi connectivity index (χ0) is 19.3. The highest BCUT2D eigenvalue weighted by molar-refractivity contribution is 5.75. The first-order chi connectivity index (χ1) is 11.7. The number of rotatable bonds is 13. The van der Waals surface area contributed by atoms with Crippen LogP contribution in [-0.4, -0.2) is 66.5 Å². The maximum absolute atomic E-state index is 12.0. The van der Waals surface area contributed by atoms with Crippen LogP contribution in [0.1, 0.15) is 45.4 Å². The van der Waals surface area contributed by atoms with Gasteiger partial charge < -0.3 is 19.4 Å². The molecule has 0 aromatic carbocycles. The molecule has 0 aliphatic rings. The number of allylic oxidation sites excluding steroid dienone is 4. The molecule has 0 heterocycles. The number of hydrogen-bond donors (Lipinski definition) is 2. The van der Waals surface area contributed by atoms with E-state index in [-0.39, 0.29) is 12.8 Å². The van der Waals surface area contributed by atoms with E-state index in [1.807, 2.05) is 33.3 Å². The second kappa shape index (κ2) is 12.7. The van der Waals surface area contributed by atoms with Crippen molar-refractivity contribution in [1.29, 1.82) is 0 Å². The van der Waals surface area contributed by atoms with Gasteiger partial charge in [-0.25, -0.2) is 4.79 Å². The molecule has 6 heteroatoms. The molecule has 144 valence electrons. The minimum Gasteiger partial charge on any atom is -0.481 e. The van der Waals surface area contributed by atoms with E-state index in [0.717, 1.165) is 19.3 Å². The fraction of sp³-hybridized carbons (Fsp3) is 0.684. The molecule has 0 saturated carbocycles. The molecule has 0 aliphatic heterocycles. The maximum Gasteiger partial charge on any atom is 0.335 e. The number of carboxylic acids is 1. The van der Waals surface area contributed by atoms with Gasteiger partial charge in [-0.1, -0.05) is 37.6 Å². The number of carbonyl (C=O) groups excluding carboxylic acids is 1. The number of aliphatic hydroxyl groups excluding tert-OH is 1. The third kappa shape index (κ3) is 14.4. The summed E-state index contributed by atoms with van der Waals surface area (Å²) in [6, 6.07) is 0.